The topological polar surface area (TPSA) is 40.3 Å². The molecule has 1 N–H and O–H groups in total. The molecule has 1 amide bonds. The average molecular weight is 247 g/mol. The Hall–Kier alpha value is -1.35. The highest BCUT2D eigenvalue weighted by Crippen LogP contribution is 2.24. The molecule has 0 bridgehead atoms. The highest BCUT2D eigenvalue weighted by Gasteiger charge is 2.23. The van der Waals surface area contributed by atoms with Crippen molar-refractivity contribution < 1.29 is 9.90 Å². The summed E-state index contributed by atoms with van der Waals surface area (Å²) >= 11 is 0. The number of carbonyl (C=O) groups is 1. The molecule has 0 aliphatic carbocycles. The zero-order valence-electron chi connectivity index (χ0n) is 11.1. The molecule has 1 aromatic carbocycles. The van der Waals surface area contributed by atoms with E-state index in [1.54, 1.807) is 0 Å². The fraction of sp³-hybridized carbons (Fsp3) is 0.533. The molecular formula is C15H21NO2. The lowest BCUT2D eigenvalue weighted by Gasteiger charge is -2.14. The maximum atomic E-state index is 11.5. The average Bonchev–Trinajstić information content (AvgIpc) is 3.16. The van der Waals surface area contributed by atoms with Crippen LogP contribution in [0.3, 0.4) is 0 Å². The summed E-state index contributed by atoms with van der Waals surface area (Å²) in [6.07, 6.45) is 1.52. The Labute approximate surface area is 108 Å². The predicted octanol–water partition coefficient (Wildman–Crippen LogP) is 2.35. The molecule has 3 nitrogen and oxygen atoms in total. The number of hydrogen-bond donors (Lipinski definition) is 1. The number of benzene rings is 1. The molecule has 2 rings (SSSR count). The number of aliphatic hydroxyl groups excluding tert-OH is 1. The third-order valence-electron chi connectivity index (χ3n) is 3.46. The van der Waals surface area contributed by atoms with Crippen LogP contribution in [0.15, 0.2) is 18.2 Å². The van der Waals surface area contributed by atoms with Crippen molar-refractivity contribution in [2.75, 3.05) is 13.1 Å². The van der Waals surface area contributed by atoms with Crippen molar-refractivity contribution in [2.24, 2.45) is 0 Å². The molecule has 1 heterocycles. The molecule has 98 valence electrons. The van der Waals surface area contributed by atoms with Crippen molar-refractivity contribution in [2.45, 2.75) is 39.2 Å². The molecule has 1 saturated heterocycles. The van der Waals surface area contributed by atoms with Crippen LogP contribution in [0.4, 0.5) is 0 Å². The fourth-order valence-electron chi connectivity index (χ4n) is 2.18. The molecule has 0 spiro atoms. The summed E-state index contributed by atoms with van der Waals surface area (Å²) in [5.74, 6) is 0.225. The van der Waals surface area contributed by atoms with Crippen molar-refractivity contribution in [3.63, 3.8) is 0 Å². The van der Waals surface area contributed by atoms with Gasteiger partial charge in [0.2, 0.25) is 5.91 Å². The van der Waals surface area contributed by atoms with E-state index in [1.165, 1.54) is 0 Å². The standard InChI is InChI=1S/C15H21NO2/c1-11-6-7-12(2)13(10-11)14(17)4-3-5-15(18)16-8-9-16/h6-7,10,14,17H,3-5,8-9H2,1-2H3. The lowest BCUT2D eigenvalue weighted by Crippen LogP contribution is -2.10. The van der Waals surface area contributed by atoms with Gasteiger partial charge >= 0.3 is 0 Å². The van der Waals surface area contributed by atoms with Crippen LogP contribution >= 0.6 is 0 Å². The fourth-order valence-corrected chi connectivity index (χ4v) is 2.18. The number of carbonyl (C=O) groups excluding carboxylic acids is 1. The second-order valence-electron chi connectivity index (χ2n) is 5.15. The van der Waals surface area contributed by atoms with E-state index in [0.717, 1.165) is 36.2 Å². The quantitative estimate of drug-likeness (QED) is 0.811. The number of aliphatic hydroxyl groups is 1. The highest BCUT2D eigenvalue weighted by atomic mass is 16.3. The summed E-state index contributed by atoms with van der Waals surface area (Å²) in [7, 11) is 0. The Bertz CT molecular complexity index is 438. The van der Waals surface area contributed by atoms with Gasteiger partial charge in [-0.2, -0.15) is 0 Å². The molecule has 0 saturated carbocycles. The molecule has 0 aromatic heterocycles. The molecule has 18 heavy (non-hydrogen) atoms. The van der Waals surface area contributed by atoms with E-state index < -0.39 is 6.10 Å². The maximum absolute atomic E-state index is 11.5. The van der Waals surface area contributed by atoms with Crippen molar-refractivity contribution >= 4 is 5.91 Å². The van der Waals surface area contributed by atoms with Crippen molar-refractivity contribution in [3.8, 4) is 0 Å². The molecule has 1 fully saturated rings. The van der Waals surface area contributed by atoms with Crippen LogP contribution in [0, 0.1) is 13.8 Å². The third-order valence-corrected chi connectivity index (χ3v) is 3.46. The summed E-state index contributed by atoms with van der Waals surface area (Å²) in [6, 6.07) is 6.12. The summed E-state index contributed by atoms with van der Waals surface area (Å²) < 4.78 is 0. The zero-order valence-corrected chi connectivity index (χ0v) is 11.1. The van der Waals surface area contributed by atoms with Gasteiger partial charge in [0.1, 0.15) is 0 Å². The first-order valence-corrected chi connectivity index (χ1v) is 6.61. The van der Waals surface area contributed by atoms with Crippen LogP contribution in [0.1, 0.15) is 42.1 Å². The van der Waals surface area contributed by atoms with E-state index in [2.05, 4.69) is 6.07 Å². The first-order chi connectivity index (χ1) is 8.58. The molecule has 1 aliphatic heterocycles. The van der Waals surface area contributed by atoms with E-state index in [0.29, 0.717) is 12.8 Å². The van der Waals surface area contributed by atoms with Gasteiger partial charge in [0.15, 0.2) is 0 Å². The lowest BCUT2D eigenvalue weighted by atomic mass is 9.97. The first-order valence-electron chi connectivity index (χ1n) is 6.61. The van der Waals surface area contributed by atoms with Gasteiger partial charge < -0.3 is 10.0 Å². The van der Waals surface area contributed by atoms with Crippen molar-refractivity contribution in [3.05, 3.63) is 34.9 Å². The van der Waals surface area contributed by atoms with E-state index >= 15 is 0 Å². The van der Waals surface area contributed by atoms with Gasteiger partial charge in [-0.25, -0.2) is 0 Å². The third kappa shape index (κ3) is 3.33. The molecule has 1 aromatic rings. The van der Waals surface area contributed by atoms with Gasteiger partial charge in [0, 0.05) is 19.5 Å². The predicted molar refractivity (Wildman–Crippen MR) is 71.3 cm³/mol. The van der Waals surface area contributed by atoms with E-state index in [-0.39, 0.29) is 5.91 Å². The zero-order chi connectivity index (χ0) is 13.1. The van der Waals surface area contributed by atoms with Gasteiger partial charge in [-0.1, -0.05) is 23.8 Å². The minimum absolute atomic E-state index is 0.225. The molecule has 0 radical (unpaired) electrons. The molecular weight excluding hydrogens is 226 g/mol. The molecule has 1 aliphatic rings. The van der Waals surface area contributed by atoms with Crippen LogP contribution in [0.25, 0.3) is 0 Å². The molecule has 1 atom stereocenters. The SMILES string of the molecule is Cc1ccc(C)c(C(O)CCCC(=O)N2CC2)c1. The molecule has 3 heteroatoms. The van der Waals surface area contributed by atoms with Crippen LogP contribution in [0.5, 0.6) is 0 Å². The van der Waals surface area contributed by atoms with Gasteiger partial charge in [0.25, 0.3) is 0 Å². The smallest absolute Gasteiger partial charge is 0.222 e. The minimum atomic E-state index is -0.452. The summed E-state index contributed by atoms with van der Waals surface area (Å²) in [4.78, 5) is 13.3. The molecule has 1 unspecified atom stereocenters. The largest absolute Gasteiger partial charge is 0.388 e. The number of rotatable bonds is 5. The lowest BCUT2D eigenvalue weighted by molar-refractivity contribution is -0.125. The van der Waals surface area contributed by atoms with Gasteiger partial charge in [0.05, 0.1) is 6.10 Å². The van der Waals surface area contributed by atoms with Gasteiger partial charge in [-0.05, 0) is 37.8 Å². The highest BCUT2D eigenvalue weighted by molar-refractivity contribution is 5.78. The minimum Gasteiger partial charge on any atom is -0.388 e. The Morgan fingerprint density at radius 2 is 2.11 bits per heavy atom. The summed E-state index contributed by atoms with van der Waals surface area (Å²) in [5.41, 5.74) is 3.27. The van der Waals surface area contributed by atoms with Crippen LogP contribution in [-0.4, -0.2) is 29.0 Å². The second kappa shape index (κ2) is 5.53. The number of hydrogen-bond acceptors (Lipinski definition) is 2. The van der Waals surface area contributed by atoms with Crippen LogP contribution < -0.4 is 0 Å². The van der Waals surface area contributed by atoms with Crippen LogP contribution in [0.2, 0.25) is 0 Å². The van der Waals surface area contributed by atoms with Gasteiger partial charge in [-0.3, -0.25) is 4.79 Å². The Kier molecular flexibility index (Phi) is 4.02. The second-order valence-corrected chi connectivity index (χ2v) is 5.15. The van der Waals surface area contributed by atoms with E-state index in [1.807, 2.05) is 30.9 Å². The number of nitrogens with zero attached hydrogens (tertiary/aromatic N) is 1. The first kappa shape index (κ1) is 13.1. The normalized spacial score (nSPS) is 15.6. The summed E-state index contributed by atoms with van der Waals surface area (Å²) in [5, 5.41) is 10.2. The Morgan fingerprint density at radius 3 is 2.78 bits per heavy atom. The number of amides is 1. The number of aryl methyl sites for hydroxylation is 2. The van der Waals surface area contributed by atoms with E-state index in [4.69, 9.17) is 0 Å². The van der Waals surface area contributed by atoms with Crippen LogP contribution in [-0.2, 0) is 4.79 Å². The van der Waals surface area contributed by atoms with Gasteiger partial charge in [-0.15, -0.1) is 0 Å². The van der Waals surface area contributed by atoms with E-state index in [9.17, 15) is 9.90 Å². The van der Waals surface area contributed by atoms with Crippen molar-refractivity contribution in [1.82, 2.24) is 4.90 Å². The summed E-state index contributed by atoms with van der Waals surface area (Å²) in [6.45, 7) is 5.87. The monoisotopic (exact) mass is 247 g/mol. The van der Waals surface area contributed by atoms with Crippen molar-refractivity contribution in [1.29, 1.82) is 0 Å². The Balaban J connectivity index is 1.84. The maximum Gasteiger partial charge on any atom is 0.222 e. The Morgan fingerprint density at radius 1 is 1.39 bits per heavy atom.